The van der Waals surface area contributed by atoms with Gasteiger partial charge >= 0.3 is 0 Å². The lowest BCUT2D eigenvalue weighted by molar-refractivity contribution is -0.385. The fraction of sp³-hybridized carbons (Fsp3) is 0.278. The number of guanidine groups is 1. The largest absolute Gasteiger partial charge is 0.352 e. The Hall–Kier alpha value is -2.89. The molecule has 0 aliphatic heterocycles. The molecule has 0 unspecified atom stereocenters. The zero-order chi connectivity index (χ0) is 17.4. The number of hydrogen-bond donors (Lipinski definition) is 2. The van der Waals surface area contributed by atoms with Crippen LogP contribution in [0.15, 0.2) is 53.5 Å². The van der Waals surface area contributed by atoms with Gasteiger partial charge in [0, 0.05) is 31.8 Å². The second-order valence-electron chi connectivity index (χ2n) is 5.29. The average molecular weight is 326 g/mol. The van der Waals surface area contributed by atoms with Gasteiger partial charge in [0.15, 0.2) is 5.96 Å². The number of rotatable bonds is 6. The van der Waals surface area contributed by atoms with Gasteiger partial charge in [-0.25, -0.2) is 0 Å². The standard InChI is InChI=1S/C18H22N4O2/c1-3-14-8-4-5-9-15(14)12-20-18(19-2)21-13-16-10-6-7-11-17(16)22(23)24/h4-11H,3,12-13H2,1-2H3,(H2,19,20,21). The van der Waals surface area contributed by atoms with Gasteiger partial charge in [-0.15, -0.1) is 0 Å². The molecule has 0 saturated carbocycles. The van der Waals surface area contributed by atoms with Crippen molar-refractivity contribution in [2.24, 2.45) is 4.99 Å². The van der Waals surface area contributed by atoms with Gasteiger partial charge in [-0.1, -0.05) is 49.4 Å². The third kappa shape index (κ3) is 4.55. The molecule has 0 saturated heterocycles. The molecular formula is C18H22N4O2. The molecule has 0 heterocycles. The monoisotopic (exact) mass is 326 g/mol. The highest BCUT2D eigenvalue weighted by atomic mass is 16.6. The van der Waals surface area contributed by atoms with Crippen molar-refractivity contribution in [2.45, 2.75) is 26.4 Å². The van der Waals surface area contributed by atoms with E-state index in [1.807, 2.05) is 12.1 Å². The van der Waals surface area contributed by atoms with Crippen molar-refractivity contribution in [3.63, 3.8) is 0 Å². The topological polar surface area (TPSA) is 79.6 Å². The number of benzene rings is 2. The van der Waals surface area contributed by atoms with Gasteiger partial charge in [0.05, 0.1) is 4.92 Å². The SMILES string of the molecule is CCc1ccccc1CNC(=NC)NCc1ccccc1[N+](=O)[O-]. The summed E-state index contributed by atoms with van der Waals surface area (Å²) in [4.78, 5) is 14.9. The second-order valence-corrected chi connectivity index (χ2v) is 5.29. The highest BCUT2D eigenvalue weighted by Gasteiger charge is 2.12. The molecule has 0 aliphatic carbocycles. The summed E-state index contributed by atoms with van der Waals surface area (Å²) in [5.41, 5.74) is 3.24. The fourth-order valence-corrected chi connectivity index (χ4v) is 2.49. The van der Waals surface area contributed by atoms with Gasteiger partial charge in [-0.3, -0.25) is 15.1 Å². The number of aryl methyl sites for hydroxylation is 1. The van der Waals surface area contributed by atoms with E-state index in [-0.39, 0.29) is 10.6 Å². The zero-order valence-electron chi connectivity index (χ0n) is 14.0. The van der Waals surface area contributed by atoms with Gasteiger partial charge in [0.1, 0.15) is 0 Å². The molecule has 24 heavy (non-hydrogen) atoms. The lowest BCUT2D eigenvalue weighted by atomic mass is 10.1. The van der Waals surface area contributed by atoms with E-state index in [9.17, 15) is 10.1 Å². The molecular weight excluding hydrogens is 304 g/mol. The number of nitro benzene ring substituents is 1. The van der Waals surface area contributed by atoms with E-state index in [2.05, 4.69) is 34.7 Å². The molecule has 0 spiro atoms. The average Bonchev–Trinajstić information content (AvgIpc) is 2.62. The van der Waals surface area contributed by atoms with Crippen LogP contribution in [0.3, 0.4) is 0 Å². The van der Waals surface area contributed by atoms with E-state index in [0.29, 0.717) is 24.6 Å². The quantitative estimate of drug-likeness (QED) is 0.370. The molecule has 6 heteroatoms. The summed E-state index contributed by atoms with van der Waals surface area (Å²) in [6.07, 6.45) is 0.972. The number of nitro groups is 1. The first-order chi connectivity index (χ1) is 11.7. The Labute approximate surface area is 141 Å². The van der Waals surface area contributed by atoms with E-state index < -0.39 is 0 Å². The maximum absolute atomic E-state index is 11.0. The molecule has 2 rings (SSSR count). The van der Waals surface area contributed by atoms with Gasteiger partial charge in [-0.05, 0) is 17.5 Å². The minimum Gasteiger partial charge on any atom is -0.352 e. The summed E-state index contributed by atoms with van der Waals surface area (Å²) in [6, 6.07) is 14.9. The van der Waals surface area contributed by atoms with Crippen molar-refractivity contribution in [3.05, 3.63) is 75.3 Å². The predicted octanol–water partition coefficient (Wildman–Crippen LogP) is 3.02. The van der Waals surface area contributed by atoms with Crippen molar-refractivity contribution in [1.82, 2.24) is 10.6 Å². The summed E-state index contributed by atoms with van der Waals surface area (Å²) < 4.78 is 0. The van der Waals surface area contributed by atoms with Crippen LogP contribution in [0.5, 0.6) is 0 Å². The highest BCUT2D eigenvalue weighted by Crippen LogP contribution is 2.17. The van der Waals surface area contributed by atoms with Gasteiger partial charge in [0.25, 0.3) is 5.69 Å². The third-order valence-corrected chi connectivity index (χ3v) is 3.80. The van der Waals surface area contributed by atoms with E-state index in [1.165, 1.54) is 17.2 Å². The van der Waals surface area contributed by atoms with Crippen molar-refractivity contribution >= 4 is 11.6 Å². The van der Waals surface area contributed by atoms with Crippen LogP contribution in [0.25, 0.3) is 0 Å². The molecule has 0 fully saturated rings. The zero-order valence-corrected chi connectivity index (χ0v) is 14.0. The molecule has 0 aromatic heterocycles. The highest BCUT2D eigenvalue weighted by molar-refractivity contribution is 5.79. The summed E-state index contributed by atoms with van der Waals surface area (Å²) in [6.45, 7) is 3.12. The summed E-state index contributed by atoms with van der Waals surface area (Å²) >= 11 is 0. The maximum Gasteiger partial charge on any atom is 0.274 e. The van der Waals surface area contributed by atoms with Crippen LogP contribution in [0.2, 0.25) is 0 Å². The van der Waals surface area contributed by atoms with Crippen molar-refractivity contribution in [2.75, 3.05) is 7.05 Å². The van der Waals surface area contributed by atoms with E-state index in [4.69, 9.17) is 0 Å². The van der Waals surface area contributed by atoms with Crippen LogP contribution in [0.1, 0.15) is 23.6 Å². The second kappa shape index (κ2) is 8.67. The first-order valence-electron chi connectivity index (χ1n) is 7.89. The Morgan fingerprint density at radius 3 is 2.12 bits per heavy atom. The Kier molecular flexibility index (Phi) is 6.31. The summed E-state index contributed by atoms with van der Waals surface area (Å²) in [5, 5.41) is 17.4. The van der Waals surface area contributed by atoms with Crippen LogP contribution < -0.4 is 10.6 Å². The van der Waals surface area contributed by atoms with Crippen molar-refractivity contribution < 1.29 is 4.92 Å². The molecule has 0 atom stereocenters. The first-order valence-corrected chi connectivity index (χ1v) is 7.89. The molecule has 0 aliphatic rings. The maximum atomic E-state index is 11.0. The molecule has 0 bridgehead atoms. The lowest BCUT2D eigenvalue weighted by Gasteiger charge is -2.14. The van der Waals surface area contributed by atoms with Crippen LogP contribution in [0.4, 0.5) is 5.69 Å². The number of para-hydroxylation sites is 1. The molecule has 0 radical (unpaired) electrons. The minimum atomic E-state index is -0.370. The molecule has 126 valence electrons. The van der Waals surface area contributed by atoms with Crippen LogP contribution in [0, 0.1) is 10.1 Å². The van der Waals surface area contributed by atoms with Gasteiger partial charge in [-0.2, -0.15) is 0 Å². The first kappa shape index (κ1) is 17.5. The van der Waals surface area contributed by atoms with E-state index in [0.717, 1.165) is 6.42 Å². The Balaban J connectivity index is 1.97. The molecule has 0 amide bonds. The molecule has 2 N–H and O–H groups in total. The van der Waals surface area contributed by atoms with Gasteiger partial charge < -0.3 is 10.6 Å². The van der Waals surface area contributed by atoms with Crippen LogP contribution >= 0.6 is 0 Å². The number of nitrogens with zero attached hydrogens (tertiary/aromatic N) is 2. The Morgan fingerprint density at radius 2 is 1.54 bits per heavy atom. The number of nitrogens with one attached hydrogen (secondary N) is 2. The van der Waals surface area contributed by atoms with E-state index in [1.54, 1.807) is 25.2 Å². The van der Waals surface area contributed by atoms with Crippen molar-refractivity contribution in [1.29, 1.82) is 0 Å². The third-order valence-electron chi connectivity index (χ3n) is 3.80. The molecule has 6 nitrogen and oxygen atoms in total. The Morgan fingerprint density at radius 1 is 1.00 bits per heavy atom. The molecule has 2 aromatic carbocycles. The smallest absolute Gasteiger partial charge is 0.274 e. The molecule has 2 aromatic rings. The predicted molar refractivity (Wildman–Crippen MR) is 96.0 cm³/mol. The van der Waals surface area contributed by atoms with Gasteiger partial charge in [0.2, 0.25) is 0 Å². The van der Waals surface area contributed by atoms with Crippen molar-refractivity contribution in [3.8, 4) is 0 Å². The number of hydrogen-bond acceptors (Lipinski definition) is 3. The summed E-state index contributed by atoms with van der Waals surface area (Å²) in [5.74, 6) is 0.610. The van der Waals surface area contributed by atoms with Crippen LogP contribution in [-0.2, 0) is 19.5 Å². The number of aliphatic imine (C=N–C) groups is 1. The fourth-order valence-electron chi connectivity index (χ4n) is 2.49. The van der Waals surface area contributed by atoms with Crippen LogP contribution in [-0.4, -0.2) is 17.9 Å². The summed E-state index contributed by atoms with van der Waals surface area (Å²) in [7, 11) is 1.68. The van der Waals surface area contributed by atoms with E-state index >= 15 is 0 Å². The lowest BCUT2D eigenvalue weighted by Crippen LogP contribution is -2.36. The normalized spacial score (nSPS) is 11.2. The Bertz CT molecular complexity index is 728. The minimum absolute atomic E-state index is 0.108.